The molecule has 3 rings (SSSR count). The molecular formula is C21H30N2O4. The molecule has 1 heterocycles. The summed E-state index contributed by atoms with van der Waals surface area (Å²) in [5.41, 5.74) is 1.79. The molecule has 27 heavy (non-hydrogen) atoms. The molecule has 1 fully saturated rings. The number of rotatable bonds is 2. The molecule has 2 unspecified atom stereocenters. The van der Waals surface area contributed by atoms with Crippen LogP contribution < -0.4 is 5.32 Å². The summed E-state index contributed by atoms with van der Waals surface area (Å²) in [4.78, 5) is 27.1. The van der Waals surface area contributed by atoms with Crippen LogP contribution in [0.1, 0.15) is 63.6 Å². The highest BCUT2D eigenvalue weighted by atomic mass is 16.6. The summed E-state index contributed by atoms with van der Waals surface area (Å²) < 4.78 is 5.46. The number of aryl methyl sites for hydroxylation is 1. The molecular weight excluding hydrogens is 344 g/mol. The van der Waals surface area contributed by atoms with Crippen molar-refractivity contribution in [2.24, 2.45) is 0 Å². The van der Waals surface area contributed by atoms with Crippen LogP contribution in [-0.4, -0.2) is 46.3 Å². The van der Waals surface area contributed by atoms with E-state index in [4.69, 9.17) is 4.74 Å². The van der Waals surface area contributed by atoms with Crippen molar-refractivity contribution < 1.29 is 19.4 Å². The Morgan fingerprint density at radius 2 is 1.96 bits per heavy atom. The summed E-state index contributed by atoms with van der Waals surface area (Å²) in [5, 5.41) is 13.2. The van der Waals surface area contributed by atoms with Crippen LogP contribution in [0.4, 0.5) is 4.79 Å². The number of nitrogens with zero attached hydrogens (tertiary/aromatic N) is 1. The Morgan fingerprint density at radius 1 is 1.22 bits per heavy atom. The third-order valence-electron chi connectivity index (χ3n) is 5.19. The fourth-order valence-electron chi connectivity index (χ4n) is 3.91. The second-order valence-corrected chi connectivity index (χ2v) is 8.52. The Kier molecular flexibility index (Phi) is 5.75. The Labute approximate surface area is 160 Å². The smallest absolute Gasteiger partial charge is 0.410 e. The van der Waals surface area contributed by atoms with Crippen LogP contribution in [-0.2, 0) is 16.0 Å². The molecule has 148 valence electrons. The topological polar surface area (TPSA) is 78.9 Å². The Balaban J connectivity index is 1.74. The van der Waals surface area contributed by atoms with Crippen molar-refractivity contribution in [3.63, 3.8) is 0 Å². The fourth-order valence-corrected chi connectivity index (χ4v) is 3.91. The number of carbonyl (C=O) groups excluding carboxylic acids is 2. The van der Waals surface area contributed by atoms with Crippen molar-refractivity contribution in [3.8, 4) is 0 Å². The maximum absolute atomic E-state index is 13.0. The summed E-state index contributed by atoms with van der Waals surface area (Å²) >= 11 is 0. The van der Waals surface area contributed by atoms with Gasteiger partial charge in [0.1, 0.15) is 11.6 Å². The molecule has 6 nitrogen and oxygen atoms in total. The van der Waals surface area contributed by atoms with Crippen LogP contribution in [0.15, 0.2) is 24.3 Å². The first-order chi connectivity index (χ1) is 12.7. The van der Waals surface area contributed by atoms with Crippen molar-refractivity contribution in [3.05, 3.63) is 35.4 Å². The SMILES string of the molecule is CC(C)(C)OC(=O)N1CCC(O)CC1C(=O)N[C@@H]1CCCc2ccccc21. The van der Waals surface area contributed by atoms with E-state index in [1.54, 1.807) is 20.8 Å². The number of carbonyl (C=O) groups is 2. The van der Waals surface area contributed by atoms with Crippen LogP contribution in [0.5, 0.6) is 0 Å². The van der Waals surface area contributed by atoms with Gasteiger partial charge < -0.3 is 15.2 Å². The van der Waals surface area contributed by atoms with Gasteiger partial charge in [0.15, 0.2) is 0 Å². The van der Waals surface area contributed by atoms with Crippen molar-refractivity contribution in [2.75, 3.05) is 6.54 Å². The number of ether oxygens (including phenoxy) is 1. The summed E-state index contributed by atoms with van der Waals surface area (Å²) in [6.45, 7) is 5.72. The summed E-state index contributed by atoms with van der Waals surface area (Å²) in [5.74, 6) is -0.221. The van der Waals surface area contributed by atoms with Crippen molar-refractivity contribution in [1.82, 2.24) is 10.2 Å². The number of aliphatic hydroxyl groups excluding tert-OH is 1. The van der Waals surface area contributed by atoms with E-state index in [9.17, 15) is 14.7 Å². The average Bonchev–Trinajstić information content (AvgIpc) is 2.60. The van der Waals surface area contributed by atoms with E-state index in [1.807, 2.05) is 12.1 Å². The maximum Gasteiger partial charge on any atom is 0.410 e. The van der Waals surface area contributed by atoms with E-state index in [-0.39, 0.29) is 18.4 Å². The average molecular weight is 374 g/mol. The zero-order valence-corrected chi connectivity index (χ0v) is 16.4. The molecule has 0 saturated carbocycles. The highest BCUT2D eigenvalue weighted by Crippen LogP contribution is 2.30. The van der Waals surface area contributed by atoms with Gasteiger partial charge in [-0.25, -0.2) is 4.79 Å². The molecule has 2 aliphatic rings. The van der Waals surface area contributed by atoms with Gasteiger partial charge in [-0.2, -0.15) is 0 Å². The van der Waals surface area contributed by atoms with Crippen molar-refractivity contribution in [1.29, 1.82) is 0 Å². The Bertz CT molecular complexity index is 698. The largest absolute Gasteiger partial charge is 0.444 e. The number of hydrogen-bond donors (Lipinski definition) is 2. The second-order valence-electron chi connectivity index (χ2n) is 8.52. The number of nitrogens with one attached hydrogen (secondary N) is 1. The normalized spacial score (nSPS) is 25.5. The van der Waals surface area contributed by atoms with Crippen LogP contribution in [0.3, 0.4) is 0 Å². The second kappa shape index (κ2) is 7.89. The number of aliphatic hydroxyl groups is 1. The molecule has 1 aliphatic heterocycles. The molecule has 1 aromatic carbocycles. The van der Waals surface area contributed by atoms with Crippen LogP contribution in [0.2, 0.25) is 0 Å². The number of hydrogen-bond acceptors (Lipinski definition) is 4. The first kappa shape index (κ1) is 19.7. The minimum absolute atomic E-state index is 0.0537. The van der Waals surface area contributed by atoms with Gasteiger partial charge >= 0.3 is 6.09 Å². The van der Waals surface area contributed by atoms with Gasteiger partial charge in [0.05, 0.1) is 12.1 Å². The maximum atomic E-state index is 13.0. The zero-order valence-electron chi connectivity index (χ0n) is 16.4. The summed E-state index contributed by atoms with van der Waals surface area (Å²) in [6.07, 6.45) is 2.52. The van der Waals surface area contributed by atoms with E-state index in [0.29, 0.717) is 13.0 Å². The molecule has 1 aliphatic carbocycles. The van der Waals surface area contributed by atoms with E-state index < -0.39 is 23.8 Å². The number of benzene rings is 1. The van der Waals surface area contributed by atoms with E-state index in [1.165, 1.54) is 10.5 Å². The van der Waals surface area contributed by atoms with Crippen LogP contribution in [0, 0.1) is 0 Å². The van der Waals surface area contributed by atoms with Gasteiger partial charge in [0.25, 0.3) is 0 Å². The molecule has 0 aromatic heterocycles. The third kappa shape index (κ3) is 4.80. The summed E-state index contributed by atoms with van der Waals surface area (Å²) in [6, 6.07) is 7.40. The predicted molar refractivity (Wildman–Crippen MR) is 102 cm³/mol. The molecule has 3 atom stereocenters. The third-order valence-corrected chi connectivity index (χ3v) is 5.19. The molecule has 1 aromatic rings. The summed E-state index contributed by atoms with van der Waals surface area (Å²) in [7, 11) is 0. The van der Waals surface area contributed by atoms with E-state index in [2.05, 4.69) is 17.4 Å². The van der Waals surface area contributed by atoms with Crippen molar-refractivity contribution in [2.45, 2.75) is 76.7 Å². The van der Waals surface area contributed by atoms with Gasteiger partial charge in [-0.1, -0.05) is 24.3 Å². The first-order valence-electron chi connectivity index (χ1n) is 9.80. The number of piperidine rings is 1. The highest BCUT2D eigenvalue weighted by Gasteiger charge is 2.38. The van der Waals surface area contributed by atoms with E-state index in [0.717, 1.165) is 24.8 Å². The zero-order chi connectivity index (χ0) is 19.6. The predicted octanol–water partition coefficient (Wildman–Crippen LogP) is 2.94. The molecule has 0 spiro atoms. The monoisotopic (exact) mass is 374 g/mol. The standard InChI is InChI=1S/C21H30N2O4/c1-21(2,3)27-20(26)23-12-11-15(24)13-18(23)19(25)22-17-10-6-8-14-7-4-5-9-16(14)17/h4-5,7,9,15,17-18,24H,6,8,10-13H2,1-3H3,(H,22,25)/t15?,17-,18?/m1/s1. The molecule has 6 heteroatoms. The van der Waals surface area contributed by atoms with E-state index >= 15 is 0 Å². The van der Waals surface area contributed by atoms with Gasteiger partial charge in [0.2, 0.25) is 5.91 Å². The molecule has 0 radical (unpaired) electrons. The van der Waals surface area contributed by atoms with Gasteiger partial charge in [-0.3, -0.25) is 9.69 Å². The van der Waals surface area contributed by atoms with Gasteiger partial charge in [0, 0.05) is 13.0 Å². The molecule has 0 bridgehead atoms. The molecule has 2 amide bonds. The number of fused-ring (bicyclic) bond motifs is 1. The lowest BCUT2D eigenvalue weighted by Crippen LogP contribution is -2.56. The molecule has 2 N–H and O–H groups in total. The lowest BCUT2D eigenvalue weighted by Gasteiger charge is -2.38. The fraction of sp³-hybridized carbons (Fsp3) is 0.619. The van der Waals surface area contributed by atoms with Gasteiger partial charge in [-0.15, -0.1) is 0 Å². The van der Waals surface area contributed by atoms with Crippen LogP contribution in [0.25, 0.3) is 0 Å². The Morgan fingerprint density at radius 3 is 2.70 bits per heavy atom. The first-order valence-corrected chi connectivity index (χ1v) is 9.80. The lowest BCUT2D eigenvalue weighted by molar-refractivity contribution is -0.130. The number of amides is 2. The quantitative estimate of drug-likeness (QED) is 0.834. The minimum atomic E-state index is -0.710. The number of likely N-dealkylation sites (tertiary alicyclic amines) is 1. The van der Waals surface area contributed by atoms with Crippen molar-refractivity contribution >= 4 is 12.0 Å². The minimum Gasteiger partial charge on any atom is -0.444 e. The van der Waals surface area contributed by atoms with Gasteiger partial charge in [-0.05, 0) is 57.6 Å². The lowest BCUT2D eigenvalue weighted by atomic mass is 9.87. The molecule has 1 saturated heterocycles. The highest BCUT2D eigenvalue weighted by molar-refractivity contribution is 5.86. The van der Waals surface area contributed by atoms with Crippen LogP contribution >= 0.6 is 0 Å². The Hall–Kier alpha value is -2.08.